The van der Waals surface area contributed by atoms with Crippen LogP contribution in [0.1, 0.15) is 31.2 Å². The molecule has 0 spiro atoms. The number of benzene rings is 3. The van der Waals surface area contributed by atoms with Gasteiger partial charge in [0.05, 0.1) is 6.54 Å². The van der Waals surface area contributed by atoms with Crippen LogP contribution in [0.3, 0.4) is 0 Å². The second-order valence-corrected chi connectivity index (χ2v) is 8.66. The first-order valence-corrected chi connectivity index (χ1v) is 11.1. The van der Waals surface area contributed by atoms with Crippen molar-refractivity contribution in [3.63, 3.8) is 0 Å². The maximum absolute atomic E-state index is 12.0. The summed E-state index contributed by atoms with van der Waals surface area (Å²) in [6, 6.07) is 26.6. The van der Waals surface area contributed by atoms with Crippen molar-refractivity contribution in [2.24, 2.45) is 0 Å². The van der Waals surface area contributed by atoms with Gasteiger partial charge in [-0.15, -0.1) is 0 Å². The zero-order valence-corrected chi connectivity index (χ0v) is 17.7. The highest BCUT2D eigenvalue weighted by Gasteiger charge is 2.53. The second kappa shape index (κ2) is 7.90. The Hall–Kier alpha value is -2.62. The van der Waals surface area contributed by atoms with Gasteiger partial charge in [-0.1, -0.05) is 66.2 Å². The number of rotatable bonds is 3. The van der Waals surface area contributed by atoms with Gasteiger partial charge in [0.1, 0.15) is 5.69 Å². The molecule has 3 aromatic rings. The zero-order chi connectivity index (χ0) is 20.6. The third kappa shape index (κ3) is 3.42. The quantitative estimate of drug-likeness (QED) is 0.557. The molecule has 0 radical (unpaired) electrons. The number of hydrogen-bond acceptors (Lipinski definition) is 2. The monoisotopic (exact) mass is 417 g/mol. The third-order valence-electron chi connectivity index (χ3n) is 6.27. The SMILES string of the molecule is O[C@@]1(c2ccc(Cl)cc2)C[N+]2=C(CCCCC2)N1c1ccc(-c2ccccc2)cc1. The summed E-state index contributed by atoms with van der Waals surface area (Å²) in [5.41, 5.74) is 3.16. The van der Waals surface area contributed by atoms with Crippen molar-refractivity contribution in [3.8, 4) is 11.1 Å². The maximum atomic E-state index is 12.0. The number of anilines is 1. The van der Waals surface area contributed by atoms with E-state index < -0.39 is 5.72 Å². The molecule has 3 nitrogen and oxygen atoms in total. The molecule has 0 amide bonds. The van der Waals surface area contributed by atoms with E-state index in [0.717, 1.165) is 30.6 Å². The number of hydrogen-bond donors (Lipinski definition) is 1. The lowest BCUT2D eigenvalue weighted by Crippen LogP contribution is -2.47. The lowest BCUT2D eigenvalue weighted by Gasteiger charge is -2.29. The van der Waals surface area contributed by atoms with Crippen LogP contribution in [0.4, 0.5) is 5.69 Å². The van der Waals surface area contributed by atoms with E-state index in [9.17, 15) is 5.11 Å². The van der Waals surface area contributed by atoms with Gasteiger partial charge in [0.25, 0.3) is 11.6 Å². The Morgan fingerprint density at radius 1 is 0.800 bits per heavy atom. The minimum absolute atomic E-state index is 0.574. The summed E-state index contributed by atoms with van der Waals surface area (Å²) in [5, 5.41) is 12.7. The van der Waals surface area contributed by atoms with Gasteiger partial charge >= 0.3 is 0 Å². The largest absolute Gasteiger partial charge is 0.346 e. The van der Waals surface area contributed by atoms with Gasteiger partial charge in [-0.25, -0.2) is 0 Å². The standard InChI is InChI=1S/C26H26ClN2O/c27-23-14-12-22(13-15-23)26(30)19-28-18-6-2-5-9-25(28)29(26)24-16-10-21(11-17-24)20-7-3-1-4-8-20/h1,3-4,7-8,10-17,30H,2,5-6,9,18-19H2/q+1/t26-/m1/s1. The lowest BCUT2D eigenvalue weighted by molar-refractivity contribution is -0.534. The lowest BCUT2D eigenvalue weighted by atomic mass is 9.99. The summed E-state index contributed by atoms with van der Waals surface area (Å²) in [7, 11) is 0. The van der Waals surface area contributed by atoms with Gasteiger partial charge in [-0.3, -0.25) is 4.58 Å². The van der Waals surface area contributed by atoms with Crippen LogP contribution in [-0.4, -0.2) is 28.6 Å². The normalized spacial score (nSPS) is 21.5. The van der Waals surface area contributed by atoms with Crippen molar-refractivity contribution < 1.29 is 9.68 Å². The summed E-state index contributed by atoms with van der Waals surface area (Å²) in [6.07, 6.45) is 4.54. The van der Waals surface area contributed by atoms with Crippen LogP contribution in [-0.2, 0) is 5.72 Å². The minimum atomic E-state index is -1.11. The second-order valence-electron chi connectivity index (χ2n) is 8.22. The highest BCUT2D eigenvalue weighted by atomic mass is 35.5. The first-order valence-electron chi connectivity index (χ1n) is 10.7. The fourth-order valence-electron chi connectivity index (χ4n) is 4.76. The van der Waals surface area contributed by atoms with E-state index in [2.05, 4.69) is 58.0 Å². The Bertz CT molecular complexity index is 1060. The van der Waals surface area contributed by atoms with E-state index >= 15 is 0 Å². The topological polar surface area (TPSA) is 26.5 Å². The van der Waals surface area contributed by atoms with Crippen LogP contribution in [0, 0.1) is 0 Å². The van der Waals surface area contributed by atoms with E-state index in [-0.39, 0.29) is 0 Å². The zero-order valence-electron chi connectivity index (χ0n) is 17.0. The molecule has 0 bridgehead atoms. The van der Waals surface area contributed by atoms with Crippen LogP contribution < -0.4 is 4.90 Å². The Morgan fingerprint density at radius 2 is 1.50 bits per heavy atom. The third-order valence-corrected chi connectivity index (χ3v) is 6.52. The summed E-state index contributed by atoms with van der Waals surface area (Å²) in [4.78, 5) is 2.15. The van der Waals surface area contributed by atoms with Gasteiger partial charge in [0.2, 0.25) is 0 Å². The fourth-order valence-corrected chi connectivity index (χ4v) is 4.88. The van der Waals surface area contributed by atoms with Crippen molar-refractivity contribution in [1.29, 1.82) is 0 Å². The molecule has 152 valence electrons. The Kier molecular flexibility index (Phi) is 5.10. The molecule has 3 aromatic carbocycles. The summed E-state index contributed by atoms with van der Waals surface area (Å²) in [6.45, 7) is 1.56. The van der Waals surface area contributed by atoms with Gasteiger partial charge in [-0.2, -0.15) is 4.90 Å². The average Bonchev–Trinajstić information content (AvgIpc) is 2.90. The molecule has 2 aliphatic rings. The molecule has 5 rings (SSSR count). The number of aliphatic hydroxyl groups is 1. The molecule has 0 aliphatic carbocycles. The highest BCUT2D eigenvalue weighted by molar-refractivity contribution is 6.30. The van der Waals surface area contributed by atoms with Crippen molar-refractivity contribution >= 4 is 23.1 Å². The number of halogens is 1. The van der Waals surface area contributed by atoms with E-state index in [1.807, 2.05) is 30.3 Å². The van der Waals surface area contributed by atoms with Crippen molar-refractivity contribution in [1.82, 2.24) is 0 Å². The Labute approximate surface area is 182 Å². The minimum Gasteiger partial charge on any atom is -0.346 e. The van der Waals surface area contributed by atoms with Crippen LogP contribution >= 0.6 is 11.6 Å². The molecule has 30 heavy (non-hydrogen) atoms. The van der Waals surface area contributed by atoms with E-state index in [0.29, 0.717) is 11.6 Å². The first-order chi connectivity index (χ1) is 14.6. The molecular formula is C26H26ClN2O+. The van der Waals surface area contributed by atoms with Gasteiger partial charge < -0.3 is 5.11 Å². The van der Waals surface area contributed by atoms with Crippen LogP contribution in [0.15, 0.2) is 78.9 Å². The summed E-state index contributed by atoms with van der Waals surface area (Å²) >= 11 is 6.13. The molecule has 0 saturated heterocycles. The van der Waals surface area contributed by atoms with Crippen molar-refractivity contribution in [3.05, 3.63) is 89.4 Å². The predicted octanol–water partition coefficient (Wildman–Crippen LogP) is 5.66. The van der Waals surface area contributed by atoms with Gasteiger partial charge in [0.15, 0.2) is 6.54 Å². The number of nitrogens with zero attached hydrogens (tertiary/aromatic N) is 2. The highest BCUT2D eigenvalue weighted by Crippen LogP contribution is 2.38. The molecular weight excluding hydrogens is 392 g/mol. The summed E-state index contributed by atoms with van der Waals surface area (Å²) in [5.74, 6) is 1.22. The van der Waals surface area contributed by atoms with E-state index in [1.54, 1.807) is 0 Å². The van der Waals surface area contributed by atoms with E-state index in [1.165, 1.54) is 29.8 Å². The molecule has 1 N–H and O–H groups in total. The molecule has 2 heterocycles. The predicted molar refractivity (Wildman–Crippen MR) is 123 cm³/mol. The molecule has 0 unspecified atom stereocenters. The van der Waals surface area contributed by atoms with Crippen LogP contribution in [0.25, 0.3) is 11.1 Å². The van der Waals surface area contributed by atoms with Gasteiger partial charge in [0, 0.05) is 17.0 Å². The molecule has 0 saturated carbocycles. The fraction of sp³-hybridized carbons (Fsp3) is 0.269. The summed E-state index contributed by atoms with van der Waals surface area (Å²) < 4.78 is 2.37. The molecule has 2 aliphatic heterocycles. The maximum Gasteiger partial charge on any atom is 0.275 e. The molecule has 0 aromatic heterocycles. The smallest absolute Gasteiger partial charge is 0.275 e. The van der Waals surface area contributed by atoms with Crippen molar-refractivity contribution in [2.45, 2.75) is 31.4 Å². The van der Waals surface area contributed by atoms with Crippen LogP contribution in [0.2, 0.25) is 5.02 Å². The molecule has 0 fully saturated rings. The Balaban J connectivity index is 1.57. The average molecular weight is 418 g/mol. The molecule has 1 atom stereocenters. The van der Waals surface area contributed by atoms with Crippen LogP contribution in [0.5, 0.6) is 0 Å². The van der Waals surface area contributed by atoms with Crippen molar-refractivity contribution in [2.75, 3.05) is 18.0 Å². The van der Waals surface area contributed by atoms with E-state index in [4.69, 9.17) is 11.6 Å². The Morgan fingerprint density at radius 3 is 2.23 bits per heavy atom. The molecule has 4 heteroatoms. The first kappa shape index (κ1) is 19.3. The van der Waals surface area contributed by atoms with Gasteiger partial charge in [-0.05, 0) is 54.7 Å². The number of amidine groups is 1.